The summed E-state index contributed by atoms with van der Waals surface area (Å²) in [5.41, 5.74) is 2.20. The van der Waals surface area contributed by atoms with Gasteiger partial charge in [-0.1, -0.05) is 48.5 Å². The molecule has 0 spiro atoms. The monoisotopic (exact) mass is 349 g/mol. The first-order chi connectivity index (χ1) is 12.7. The van der Waals surface area contributed by atoms with Crippen molar-refractivity contribution in [2.45, 2.75) is 19.0 Å². The zero-order chi connectivity index (χ0) is 17.9. The van der Waals surface area contributed by atoms with Gasteiger partial charge in [-0.15, -0.1) is 0 Å². The number of rotatable bonds is 4. The van der Waals surface area contributed by atoms with Gasteiger partial charge in [0.25, 0.3) is 0 Å². The Hall–Kier alpha value is -2.66. The van der Waals surface area contributed by atoms with E-state index in [-0.39, 0.29) is 17.9 Å². The van der Waals surface area contributed by atoms with Gasteiger partial charge < -0.3 is 4.90 Å². The molecule has 134 valence electrons. The number of para-hydroxylation sites is 1. The molecule has 0 aliphatic carbocycles. The highest BCUT2D eigenvalue weighted by molar-refractivity contribution is 6.05. The van der Waals surface area contributed by atoms with Gasteiger partial charge in [-0.2, -0.15) is 0 Å². The Balaban J connectivity index is 1.38. The summed E-state index contributed by atoms with van der Waals surface area (Å²) >= 11 is 0. The third-order valence-corrected chi connectivity index (χ3v) is 5.28. The van der Waals surface area contributed by atoms with Crippen LogP contribution in [0, 0.1) is 0 Å². The summed E-state index contributed by atoms with van der Waals surface area (Å²) in [5, 5.41) is 0. The molecule has 0 saturated carbocycles. The lowest BCUT2D eigenvalue weighted by molar-refractivity contribution is -0.140. The van der Waals surface area contributed by atoms with Gasteiger partial charge in [-0.05, 0) is 17.7 Å². The molecule has 5 heteroatoms. The number of amides is 2. The molecule has 2 aliphatic heterocycles. The van der Waals surface area contributed by atoms with Crippen molar-refractivity contribution in [1.82, 2.24) is 9.80 Å². The predicted octanol–water partition coefficient (Wildman–Crippen LogP) is 2.14. The van der Waals surface area contributed by atoms with Gasteiger partial charge in [0.2, 0.25) is 11.8 Å². The van der Waals surface area contributed by atoms with Crippen molar-refractivity contribution < 1.29 is 9.59 Å². The van der Waals surface area contributed by atoms with Crippen molar-refractivity contribution in [2.75, 3.05) is 31.1 Å². The molecule has 26 heavy (non-hydrogen) atoms. The fourth-order valence-electron chi connectivity index (χ4n) is 3.81. The van der Waals surface area contributed by atoms with Crippen LogP contribution in [-0.4, -0.2) is 53.8 Å². The van der Waals surface area contributed by atoms with Crippen LogP contribution in [-0.2, 0) is 16.1 Å². The first-order valence-electron chi connectivity index (χ1n) is 9.14. The maximum atomic E-state index is 12.8. The van der Waals surface area contributed by atoms with Crippen LogP contribution in [0.2, 0.25) is 0 Å². The third-order valence-electron chi connectivity index (χ3n) is 5.28. The highest BCUT2D eigenvalue weighted by Gasteiger charge is 2.42. The van der Waals surface area contributed by atoms with Crippen LogP contribution in [0.4, 0.5) is 5.69 Å². The smallest absolute Gasteiger partial charge is 0.247 e. The molecule has 0 aromatic heterocycles. The van der Waals surface area contributed by atoms with Crippen LogP contribution in [0.3, 0.4) is 0 Å². The minimum Gasteiger partial charge on any atom is -0.369 e. The quantitative estimate of drug-likeness (QED) is 0.794. The average molecular weight is 349 g/mol. The van der Waals surface area contributed by atoms with E-state index in [1.165, 1.54) is 10.6 Å². The molecule has 0 bridgehead atoms. The molecule has 2 heterocycles. The molecule has 4 rings (SSSR count). The van der Waals surface area contributed by atoms with E-state index < -0.39 is 0 Å². The molecule has 2 aromatic rings. The van der Waals surface area contributed by atoms with Crippen LogP contribution in [0.25, 0.3) is 0 Å². The summed E-state index contributed by atoms with van der Waals surface area (Å²) in [6, 6.07) is 19.7. The normalized spacial score (nSPS) is 21.5. The molecule has 0 unspecified atom stereocenters. The molecule has 2 amide bonds. The van der Waals surface area contributed by atoms with Gasteiger partial charge in [0.15, 0.2) is 0 Å². The zero-order valence-electron chi connectivity index (χ0n) is 14.8. The van der Waals surface area contributed by atoms with Crippen LogP contribution in [0.15, 0.2) is 60.7 Å². The molecular weight excluding hydrogens is 326 g/mol. The van der Waals surface area contributed by atoms with Crippen molar-refractivity contribution in [3.8, 4) is 0 Å². The highest BCUT2D eigenvalue weighted by atomic mass is 16.2. The summed E-state index contributed by atoms with van der Waals surface area (Å²) in [4.78, 5) is 31.1. The third kappa shape index (κ3) is 3.35. The van der Waals surface area contributed by atoms with E-state index in [9.17, 15) is 9.59 Å². The zero-order valence-corrected chi connectivity index (χ0v) is 14.8. The van der Waals surface area contributed by atoms with Crippen molar-refractivity contribution in [3.05, 3.63) is 66.2 Å². The first kappa shape index (κ1) is 16.8. The van der Waals surface area contributed by atoms with Crippen LogP contribution >= 0.6 is 0 Å². The maximum Gasteiger partial charge on any atom is 0.247 e. The Morgan fingerprint density at radius 2 is 1.42 bits per heavy atom. The number of hydrogen-bond donors (Lipinski definition) is 0. The first-order valence-corrected chi connectivity index (χ1v) is 9.14. The Bertz CT molecular complexity index is 770. The summed E-state index contributed by atoms with van der Waals surface area (Å²) < 4.78 is 0. The van der Waals surface area contributed by atoms with E-state index in [0.29, 0.717) is 13.0 Å². The van der Waals surface area contributed by atoms with Gasteiger partial charge in [0.1, 0.15) is 0 Å². The topological polar surface area (TPSA) is 43.9 Å². The lowest BCUT2D eigenvalue weighted by Crippen LogP contribution is -2.52. The number of anilines is 1. The number of carbonyl (C=O) groups is 2. The minimum absolute atomic E-state index is 0.0491. The van der Waals surface area contributed by atoms with E-state index in [1.807, 2.05) is 48.5 Å². The number of imide groups is 1. The van der Waals surface area contributed by atoms with Crippen LogP contribution < -0.4 is 4.90 Å². The second-order valence-corrected chi connectivity index (χ2v) is 6.88. The standard InChI is InChI=1S/C21H23N3O2/c25-20-15-19(21(26)24(20)16-17-7-3-1-4-8-17)23-13-11-22(12-14-23)18-9-5-2-6-10-18/h1-10,19H,11-16H2/t19-/m1/s1. The van der Waals surface area contributed by atoms with Gasteiger partial charge >= 0.3 is 0 Å². The molecule has 2 fully saturated rings. The lowest BCUT2D eigenvalue weighted by Gasteiger charge is -2.38. The second-order valence-electron chi connectivity index (χ2n) is 6.88. The van der Waals surface area contributed by atoms with E-state index in [0.717, 1.165) is 31.7 Å². The number of piperazine rings is 1. The Labute approximate surface area is 153 Å². The van der Waals surface area contributed by atoms with E-state index in [2.05, 4.69) is 21.9 Å². The van der Waals surface area contributed by atoms with E-state index in [4.69, 9.17) is 0 Å². The molecule has 1 atom stereocenters. The summed E-state index contributed by atoms with van der Waals surface area (Å²) in [6.45, 7) is 3.73. The molecule has 5 nitrogen and oxygen atoms in total. The second kappa shape index (κ2) is 7.30. The predicted molar refractivity (Wildman–Crippen MR) is 101 cm³/mol. The van der Waals surface area contributed by atoms with Gasteiger partial charge in [0.05, 0.1) is 19.0 Å². The molecule has 2 aromatic carbocycles. The number of hydrogen-bond acceptors (Lipinski definition) is 4. The summed E-state index contributed by atoms with van der Waals surface area (Å²) in [6.07, 6.45) is 0.303. The van der Waals surface area contributed by atoms with Gasteiger partial charge in [-0.25, -0.2) is 0 Å². The van der Waals surface area contributed by atoms with Crippen molar-refractivity contribution in [2.24, 2.45) is 0 Å². The number of nitrogens with zero attached hydrogens (tertiary/aromatic N) is 3. The SMILES string of the molecule is O=C1C[C@@H](N2CCN(c3ccccc3)CC2)C(=O)N1Cc1ccccc1. The lowest BCUT2D eigenvalue weighted by atomic mass is 10.1. The fraction of sp³-hybridized carbons (Fsp3) is 0.333. The van der Waals surface area contributed by atoms with Crippen molar-refractivity contribution >= 4 is 17.5 Å². The van der Waals surface area contributed by atoms with E-state index >= 15 is 0 Å². The highest BCUT2D eigenvalue weighted by Crippen LogP contribution is 2.23. The summed E-state index contributed by atoms with van der Waals surface area (Å²) in [5.74, 6) is -0.110. The average Bonchev–Trinajstić information content (AvgIpc) is 2.98. The molecule has 2 aliphatic rings. The minimum atomic E-state index is -0.302. The largest absolute Gasteiger partial charge is 0.369 e. The molecule has 0 N–H and O–H groups in total. The molecule has 2 saturated heterocycles. The number of benzene rings is 2. The van der Waals surface area contributed by atoms with Crippen molar-refractivity contribution in [3.63, 3.8) is 0 Å². The number of carbonyl (C=O) groups excluding carboxylic acids is 2. The molecule has 0 radical (unpaired) electrons. The molecular formula is C21H23N3O2. The van der Waals surface area contributed by atoms with E-state index in [1.54, 1.807) is 0 Å². The Morgan fingerprint density at radius 1 is 0.808 bits per heavy atom. The van der Waals surface area contributed by atoms with Crippen LogP contribution in [0.1, 0.15) is 12.0 Å². The maximum absolute atomic E-state index is 12.8. The fourth-order valence-corrected chi connectivity index (χ4v) is 3.81. The Kier molecular flexibility index (Phi) is 4.71. The Morgan fingerprint density at radius 3 is 2.08 bits per heavy atom. The number of likely N-dealkylation sites (tertiary alicyclic amines) is 1. The summed E-state index contributed by atoms with van der Waals surface area (Å²) in [7, 11) is 0. The van der Waals surface area contributed by atoms with Gasteiger partial charge in [0, 0.05) is 31.9 Å². The van der Waals surface area contributed by atoms with Crippen LogP contribution in [0.5, 0.6) is 0 Å². The van der Waals surface area contributed by atoms with Crippen molar-refractivity contribution in [1.29, 1.82) is 0 Å². The van der Waals surface area contributed by atoms with Gasteiger partial charge in [-0.3, -0.25) is 19.4 Å².